The quantitative estimate of drug-likeness (QED) is 0.425. The highest BCUT2D eigenvalue weighted by Crippen LogP contribution is 2.32. The van der Waals surface area contributed by atoms with E-state index in [0.29, 0.717) is 6.42 Å². The third-order valence-corrected chi connectivity index (χ3v) is 4.14. The second-order valence-electron chi connectivity index (χ2n) is 5.60. The van der Waals surface area contributed by atoms with Gasteiger partial charge in [0, 0.05) is 12.1 Å². The molecule has 4 N–H and O–H groups in total. The van der Waals surface area contributed by atoms with Gasteiger partial charge in [-0.1, -0.05) is 60.7 Å². The van der Waals surface area contributed by atoms with E-state index in [1.54, 1.807) is 0 Å². The lowest BCUT2D eigenvalue weighted by Crippen LogP contribution is -2.30. The summed E-state index contributed by atoms with van der Waals surface area (Å²) < 4.78 is 11.0. The Labute approximate surface area is 146 Å². The maximum atomic E-state index is 11.0. The fourth-order valence-electron chi connectivity index (χ4n) is 2.36. The molecule has 25 heavy (non-hydrogen) atoms. The van der Waals surface area contributed by atoms with Crippen LogP contribution in [0.3, 0.4) is 0 Å². The van der Waals surface area contributed by atoms with Crippen molar-refractivity contribution >= 4 is 13.6 Å². The summed E-state index contributed by atoms with van der Waals surface area (Å²) in [5.41, 5.74) is 3.08. The van der Waals surface area contributed by atoms with Crippen molar-refractivity contribution in [2.45, 2.75) is 12.5 Å². The molecule has 0 heterocycles. The number of hydrogen-bond acceptors (Lipinski definition) is 3. The Morgan fingerprint density at radius 2 is 1.64 bits per heavy atom. The van der Waals surface area contributed by atoms with E-state index in [1.165, 1.54) is 6.08 Å². The first kappa shape index (κ1) is 19.1. The first-order valence-corrected chi connectivity index (χ1v) is 9.47. The molecule has 0 amide bonds. The first-order chi connectivity index (χ1) is 11.8. The van der Waals surface area contributed by atoms with Crippen LogP contribution in [0.4, 0.5) is 0 Å². The number of rotatable bonds is 8. The molecule has 0 aromatic heterocycles. The number of carboxylic acids is 1. The van der Waals surface area contributed by atoms with Gasteiger partial charge in [-0.05, 0) is 23.1 Å². The molecule has 132 valence electrons. The van der Waals surface area contributed by atoms with E-state index in [-0.39, 0.29) is 0 Å². The van der Waals surface area contributed by atoms with Crippen LogP contribution in [0.1, 0.15) is 5.56 Å². The highest BCUT2D eigenvalue weighted by Gasteiger charge is 2.15. The number of hydrogen-bond donors (Lipinski definition) is 4. The molecule has 0 spiro atoms. The summed E-state index contributed by atoms with van der Waals surface area (Å²) in [6.45, 7) is 0. The molecule has 0 radical (unpaired) electrons. The second-order valence-corrected chi connectivity index (χ2v) is 7.24. The molecule has 0 aliphatic heterocycles. The van der Waals surface area contributed by atoms with Gasteiger partial charge in [0.25, 0.3) is 0 Å². The maximum absolute atomic E-state index is 11.0. The third-order valence-electron chi connectivity index (χ3n) is 3.55. The predicted octanol–water partition coefficient (Wildman–Crippen LogP) is 2.63. The second kappa shape index (κ2) is 8.74. The van der Waals surface area contributed by atoms with E-state index in [2.05, 4.69) is 5.32 Å². The topological polar surface area (TPSA) is 107 Å². The van der Waals surface area contributed by atoms with Gasteiger partial charge >= 0.3 is 13.6 Å². The first-order valence-electron chi connectivity index (χ1n) is 7.67. The molecular formula is C18H20NO5P. The van der Waals surface area contributed by atoms with Crippen molar-refractivity contribution in [2.75, 3.05) is 6.29 Å². The number of benzene rings is 2. The number of nitrogens with one attached hydrogen (secondary N) is 1. The van der Waals surface area contributed by atoms with Crippen molar-refractivity contribution in [1.82, 2.24) is 5.32 Å². The Morgan fingerprint density at radius 3 is 2.20 bits per heavy atom. The van der Waals surface area contributed by atoms with Crippen LogP contribution in [0.5, 0.6) is 0 Å². The molecule has 2 aromatic rings. The number of carbonyl (C=O) groups is 1. The van der Waals surface area contributed by atoms with Gasteiger partial charge in [0.15, 0.2) is 0 Å². The standard InChI is InChI=1S/C18H20NO5P/c20-18(21)11-10-17(19-13-25(22,23)24)12-14-6-8-16(9-7-14)15-4-2-1-3-5-15/h1-11,17,19H,12-13H2,(H,20,21)(H2,22,23,24). The van der Waals surface area contributed by atoms with Gasteiger partial charge < -0.3 is 14.9 Å². The molecule has 0 saturated heterocycles. The van der Waals surface area contributed by atoms with Gasteiger partial charge in [-0.3, -0.25) is 9.88 Å². The van der Waals surface area contributed by atoms with Crippen molar-refractivity contribution in [3.8, 4) is 11.1 Å². The normalized spacial score (nSPS) is 13.0. The third kappa shape index (κ3) is 7.03. The average molecular weight is 361 g/mol. The van der Waals surface area contributed by atoms with E-state index in [4.69, 9.17) is 14.9 Å². The average Bonchev–Trinajstić information content (AvgIpc) is 2.58. The Hall–Kier alpha value is -2.24. The van der Waals surface area contributed by atoms with E-state index in [9.17, 15) is 9.36 Å². The molecule has 2 aromatic carbocycles. The minimum atomic E-state index is -4.21. The highest BCUT2D eigenvalue weighted by atomic mass is 31.2. The fraction of sp³-hybridized carbons (Fsp3) is 0.167. The molecule has 7 heteroatoms. The van der Waals surface area contributed by atoms with Crippen molar-refractivity contribution in [3.05, 3.63) is 72.3 Å². The van der Waals surface area contributed by atoms with Gasteiger partial charge in [0.1, 0.15) is 0 Å². The summed E-state index contributed by atoms with van der Waals surface area (Å²) in [5, 5.41) is 11.4. The zero-order valence-corrected chi connectivity index (χ0v) is 14.3. The summed E-state index contributed by atoms with van der Waals surface area (Å²) in [7, 11) is -4.21. The van der Waals surface area contributed by atoms with Crippen LogP contribution in [0.2, 0.25) is 0 Å². The van der Waals surface area contributed by atoms with E-state index < -0.39 is 25.9 Å². The van der Waals surface area contributed by atoms with Crippen molar-refractivity contribution in [2.24, 2.45) is 0 Å². The van der Waals surface area contributed by atoms with Gasteiger partial charge in [0.2, 0.25) is 0 Å². The lowest BCUT2D eigenvalue weighted by Gasteiger charge is -2.16. The van der Waals surface area contributed by atoms with Gasteiger partial charge in [-0.25, -0.2) is 4.79 Å². The lowest BCUT2D eigenvalue weighted by molar-refractivity contribution is -0.131. The van der Waals surface area contributed by atoms with Gasteiger partial charge in [-0.15, -0.1) is 0 Å². The van der Waals surface area contributed by atoms with Crippen LogP contribution in [0.15, 0.2) is 66.7 Å². The monoisotopic (exact) mass is 361 g/mol. The Morgan fingerprint density at radius 1 is 1.04 bits per heavy atom. The summed E-state index contributed by atoms with van der Waals surface area (Å²) >= 11 is 0. The molecule has 0 fully saturated rings. The smallest absolute Gasteiger partial charge is 0.339 e. The zero-order chi connectivity index (χ0) is 18.3. The van der Waals surface area contributed by atoms with Crippen LogP contribution >= 0.6 is 7.60 Å². The Bertz CT molecular complexity index is 768. The molecule has 0 aliphatic carbocycles. The molecule has 6 nitrogen and oxygen atoms in total. The summed E-state index contributed by atoms with van der Waals surface area (Å²) in [6, 6.07) is 17.2. The number of aliphatic carboxylic acids is 1. The van der Waals surface area contributed by atoms with Gasteiger partial charge in [-0.2, -0.15) is 0 Å². The molecule has 0 saturated carbocycles. The number of carboxylic acid groups (broad SMARTS) is 1. The predicted molar refractivity (Wildman–Crippen MR) is 96.2 cm³/mol. The Balaban J connectivity index is 2.09. The molecule has 0 bridgehead atoms. The molecule has 1 unspecified atom stereocenters. The van der Waals surface area contributed by atoms with Crippen LogP contribution < -0.4 is 5.32 Å². The van der Waals surface area contributed by atoms with Crippen molar-refractivity contribution in [1.29, 1.82) is 0 Å². The van der Waals surface area contributed by atoms with E-state index >= 15 is 0 Å². The molecule has 2 rings (SSSR count). The van der Waals surface area contributed by atoms with E-state index in [1.807, 2.05) is 54.6 Å². The van der Waals surface area contributed by atoms with Crippen LogP contribution in [-0.2, 0) is 15.8 Å². The fourth-order valence-corrected chi connectivity index (χ4v) is 2.83. The van der Waals surface area contributed by atoms with Gasteiger partial charge in [0.05, 0.1) is 6.29 Å². The minimum Gasteiger partial charge on any atom is -0.478 e. The van der Waals surface area contributed by atoms with Crippen LogP contribution in [0.25, 0.3) is 11.1 Å². The summed E-state index contributed by atoms with van der Waals surface area (Å²) in [6.07, 6.45) is 2.27. The van der Waals surface area contributed by atoms with Crippen molar-refractivity contribution < 1.29 is 24.3 Å². The SMILES string of the molecule is O=C(O)C=CC(Cc1ccc(-c2ccccc2)cc1)NCP(=O)(O)O. The Kier molecular flexibility index (Phi) is 6.67. The van der Waals surface area contributed by atoms with Crippen LogP contribution in [0, 0.1) is 0 Å². The van der Waals surface area contributed by atoms with E-state index in [0.717, 1.165) is 22.8 Å². The summed E-state index contributed by atoms with van der Waals surface area (Å²) in [4.78, 5) is 28.7. The molecule has 0 aliphatic rings. The van der Waals surface area contributed by atoms with Crippen molar-refractivity contribution in [3.63, 3.8) is 0 Å². The lowest BCUT2D eigenvalue weighted by atomic mass is 10.0. The summed E-state index contributed by atoms with van der Waals surface area (Å²) in [5.74, 6) is -1.11. The maximum Gasteiger partial charge on any atom is 0.339 e. The zero-order valence-electron chi connectivity index (χ0n) is 13.4. The molecular weight excluding hydrogens is 341 g/mol. The van der Waals surface area contributed by atoms with Crippen LogP contribution in [-0.4, -0.2) is 33.2 Å². The molecule has 1 atom stereocenters. The highest BCUT2D eigenvalue weighted by molar-refractivity contribution is 7.51. The minimum absolute atomic E-state index is 0.416. The largest absolute Gasteiger partial charge is 0.478 e.